The van der Waals surface area contributed by atoms with E-state index in [9.17, 15) is 4.79 Å². The van der Waals surface area contributed by atoms with Crippen molar-refractivity contribution in [2.45, 2.75) is 26.2 Å². The van der Waals surface area contributed by atoms with Crippen LogP contribution >= 0.6 is 0 Å². The van der Waals surface area contributed by atoms with Gasteiger partial charge in [-0.15, -0.1) is 0 Å². The molecule has 1 aromatic rings. The Morgan fingerprint density at radius 1 is 1.44 bits per heavy atom. The van der Waals surface area contributed by atoms with Crippen LogP contribution in [0.5, 0.6) is 0 Å². The van der Waals surface area contributed by atoms with E-state index >= 15 is 0 Å². The number of carbonyl (C=O) groups excluding carboxylic acids is 1. The smallest absolute Gasteiger partial charge is 0.280 e. The van der Waals surface area contributed by atoms with Crippen LogP contribution in [0.4, 0.5) is 5.82 Å². The summed E-state index contributed by atoms with van der Waals surface area (Å²) in [5.41, 5.74) is 0. The Morgan fingerprint density at radius 3 is 2.67 bits per heavy atom. The quantitative estimate of drug-likeness (QED) is 0.828. The summed E-state index contributed by atoms with van der Waals surface area (Å²) in [7, 11) is 0. The summed E-state index contributed by atoms with van der Waals surface area (Å²) in [6, 6.07) is 1.75. The number of piperidine rings is 3. The topological polar surface area (TPSA) is 55.1 Å². The molecule has 0 atom stereocenters. The highest BCUT2D eigenvalue weighted by molar-refractivity contribution is 5.90. The number of rotatable bonds is 3. The number of aryl methyl sites for hydroxylation is 1. The zero-order valence-corrected chi connectivity index (χ0v) is 10.8. The van der Waals surface area contributed by atoms with Gasteiger partial charge in [-0.05, 0) is 32.1 Å². The maximum absolute atomic E-state index is 12.1. The van der Waals surface area contributed by atoms with Crippen molar-refractivity contribution in [1.82, 2.24) is 5.16 Å². The lowest BCUT2D eigenvalue weighted by Crippen LogP contribution is -2.60. The third kappa shape index (κ3) is 2.27. The Hall–Kier alpha value is -1.36. The number of hydrogen-bond donors (Lipinski definition) is 1. The second-order valence-electron chi connectivity index (χ2n) is 5.77. The summed E-state index contributed by atoms with van der Waals surface area (Å²) < 4.78 is 5.92. The lowest BCUT2D eigenvalue weighted by molar-refractivity contribution is -0.935. The summed E-state index contributed by atoms with van der Waals surface area (Å²) in [6.07, 6.45) is 3.86. The van der Waals surface area contributed by atoms with E-state index in [-0.39, 0.29) is 5.91 Å². The summed E-state index contributed by atoms with van der Waals surface area (Å²) in [6.45, 7) is 5.89. The molecule has 0 aliphatic carbocycles. The van der Waals surface area contributed by atoms with E-state index in [1.165, 1.54) is 19.3 Å². The van der Waals surface area contributed by atoms with E-state index < -0.39 is 0 Å². The SMILES string of the molecule is Cc1cc(NC(=O)C[N+]23CCC(CC2)CC3)no1. The molecule has 0 aromatic carbocycles. The number of fused-ring (bicyclic) bond motifs is 3. The molecule has 4 rings (SSSR count). The van der Waals surface area contributed by atoms with Crippen molar-refractivity contribution in [1.29, 1.82) is 0 Å². The molecule has 5 nitrogen and oxygen atoms in total. The van der Waals surface area contributed by atoms with E-state index in [4.69, 9.17) is 4.52 Å². The number of aromatic nitrogens is 1. The van der Waals surface area contributed by atoms with Crippen LogP contribution in [0.2, 0.25) is 0 Å². The highest BCUT2D eigenvalue weighted by Gasteiger charge is 2.40. The van der Waals surface area contributed by atoms with Gasteiger partial charge in [0, 0.05) is 6.07 Å². The minimum atomic E-state index is 0.0589. The number of anilines is 1. The molecule has 3 saturated heterocycles. The van der Waals surface area contributed by atoms with Crippen molar-refractivity contribution in [2.24, 2.45) is 5.92 Å². The molecule has 0 unspecified atom stereocenters. The molecular weight excluding hydrogens is 230 g/mol. The minimum absolute atomic E-state index is 0.0589. The van der Waals surface area contributed by atoms with Crippen molar-refractivity contribution in [2.75, 3.05) is 31.5 Å². The van der Waals surface area contributed by atoms with Crippen molar-refractivity contribution >= 4 is 11.7 Å². The molecule has 98 valence electrons. The number of carbonyl (C=O) groups is 1. The second kappa shape index (κ2) is 4.39. The fourth-order valence-electron chi connectivity index (χ4n) is 3.29. The number of quaternary nitrogens is 1. The lowest BCUT2D eigenvalue weighted by atomic mass is 9.86. The predicted molar refractivity (Wildman–Crippen MR) is 66.9 cm³/mol. The average molecular weight is 250 g/mol. The van der Waals surface area contributed by atoms with Crippen LogP contribution in [0.1, 0.15) is 25.0 Å². The Labute approximate surface area is 107 Å². The standard InChI is InChI=1S/C13H19N3O2/c1-10-8-12(15-18-10)14-13(17)9-16-5-2-11(3-6-16)4-7-16/h8,11H,2-7,9H2,1H3/p+1. The minimum Gasteiger partial charge on any atom is -0.360 e. The number of nitrogens with one attached hydrogen (secondary N) is 1. The van der Waals surface area contributed by atoms with Gasteiger partial charge in [-0.25, -0.2) is 0 Å². The fraction of sp³-hybridized carbons (Fsp3) is 0.692. The van der Waals surface area contributed by atoms with E-state index in [1.807, 2.05) is 6.92 Å². The summed E-state index contributed by atoms with van der Waals surface area (Å²) >= 11 is 0. The maximum atomic E-state index is 12.1. The molecular formula is C13H20N3O2+. The van der Waals surface area contributed by atoms with E-state index in [0.717, 1.165) is 35.8 Å². The Morgan fingerprint density at radius 2 is 2.11 bits per heavy atom. The number of amides is 1. The van der Waals surface area contributed by atoms with Crippen molar-refractivity contribution in [3.05, 3.63) is 11.8 Å². The van der Waals surface area contributed by atoms with Gasteiger partial charge in [0.15, 0.2) is 12.4 Å². The predicted octanol–water partition coefficient (Wildman–Crippen LogP) is 1.55. The summed E-state index contributed by atoms with van der Waals surface area (Å²) in [4.78, 5) is 12.1. The molecule has 1 amide bonds. The van der Waals surface area contributed by atoms with Gasteiger partial charge >= 0.3 is 0 Å². The Bertz CT molecular complexity index is 433. The van der Waals surface area contributed by atoms with Crippen LogP contribution in [-0.2, 0) is 4.79 Å². The highest BCUT2D eigenvalue weighted by Crippen LogP contribution is 2.33. The zero-order chi connectivity index (χ0) is 12.6. The zero-order valence-electron chi connectivity index (χ0n) is 10.8. The maximum Gasteiger partial charge on any atom is 0.280 e. The monoisotopic (exact) mass is 250 g/mol. The molecule has 0 saturated carbocycles. The van der Waals surface area contributed by atoms with Crippen LogP contribution in [0.3, 0.4) is 0 Å². The third-order valence-corrected chi connectivity index (χ3v) is 4.41. The molecule has 1 N–H and O–H groups in total. The van der Waals surface area contributed by atoms with Gasteiger partial charge in [-0.3, -0.25) is 4.79 Å². The number of nitrogens with zero attached hydrogens (tertiary/aromatic N) is 2. The molecule has 3 fully saturated rings. The largest absolute Gasteiger partial charge is 0.360 e. The van der Waals surface area contributed by atoms with Gasteiger partial charge in [0.1, 0.15) is 5.76 Å². The summed E-state index contributed by atoms with van der Waals surface area (Å²) in [5, 5.41) is 6.62. The third-order valence-electron chi connectivity index (χ3n) is 4.41. The molecule has 3 aliphatic rings. The van der Waals surface area contributed by atoms with Gasteiger partial charge in [0.25, 0.3) is 5.91 Å². The Kier molecular flexibility index (Phi) is 2.86. The second-order valence-corrected chi connectivity index (χ2v) is 5.77. The van der Waals surface area contributed by atoms with Crippen LogP contribution in [0.15, 0.2) is 10.6 Å². The first-order valence-electron chi connectivity index (χ1n) is 6.73. The van der Waals surface area contributed by atoms with Crippen LogP contribution in [0.25, 0.3) is 0 Å². The highest BCUT2D eigenvalue weighted by atomic mass is 16.5. The van der Waals surface area contributed by atoms with E-state index in [2.05, 4.69) is 10.5 Å². The van der Waals surface area contributed by atoms with Gasteiger partial charge in [-0.2, -0.15) is 0 Å². The van der Waals surface area contributed by atoms with Gasteiger partial charge < -0.3 is 14.3 Å². The molecule has 2 bridgehead atoms. The molecule has 0 spiro atoms. The van der Waals surface area contributed by atoms with Gasteiger partial charge in [-0.1, -0.05) is 5.16 Å². The molecule has 1 aromatic heterocycles. The van der Waals surface area contributed by atoms with E-state index in [1.54, 1.807) is 6.07 Å². The summed E-state index contributed by atoms with van der Waals surface area (Å²) in [5.74, 6) is 2.23. The number of hydrogen-bond acceptors (Lipinski definition) is 3. The van der Waals surface area contributed by atoms with Crippen molar-refractivity contribution in [3.63, 3.8) is 0 Å². The van der Waals surface area contributed by atoms with Crippen LogP contribution < -0.4 is 5.32 Å². The van der Waals surface area contributed by atoms with Gasteiger partial charge in [0.05, 0.1) is 19.6 Å². The van der Waals surface area contributed by atoms with Gasteiger partial charge in [0.2, 0.25) is 0 Å². The van der Waals surface area contributed by atoms with Crippen LogP contribution in [0, 0.1) is 12.8 Å². The lowest BCUT2D eigenvalue weighted by Gasteiger charge is -2.48. The Balaban J connectivity index is 1.60. The molecule has 0 radical (unpaired) electrons. The molecule has 5 heteroatoms. The molecule has 3 aliphatic heterocycles. The van der Waals surface area contributed by atoms with Crippen molar-refractivity contribution in [3.8, 4) is 0 Å². The van der Waals surface area contributed by atoms with Crippen LogP contribution in [-0.4, -0.2) is 41.7 Å². The first-order valence-corrected chi connectivity index (χ1v) is 6.73. The first kappa shape index (κ1) is 11.7. The van der Waals surface area contributed by atoms with E-state index in [0.29, 0.717) is 12.4 Å². The normalized spacial score (nSPS) is 30.4. The fourth-order valence-corrected chi connectivity index (χ4v) is 3.29. The first-order chi connectivity index (χ1) is 8.65. The molecule has 18 heavy (non-hydrogen) atoms. The average Bonchev–Trinajstić information content (AvgIpc) is 2.76. The van der Waals surface area contributed by atoms with Crippen molar-refractivity contribution < 1.29 is 13.8 Å². The molecule has 4 heterocycles.